The quantitative estimate of drug-likeness (QED) is 0.326. The fraction of sp³-hybridized carbons (Fsp3) is 1.00. The summed E-state index contributed by atoms with van der Waals surface area (Å²) in [7, 11) is -4.29. The molecule has 6 nitrogen and oxygen atoms in total. The molecule has 0 aromatic heterocycles. The van der Waals surface area contributed by atoms with Crippen LogP contribution in [0.15, 0.2) is 0 Å². The minimum Gasteiger partial charge on any atom is -0.389 e. The van der Waals surface area contributed by atoms with Gasteiger partial charge in [0.25, 0.3) is 0 Å². The van der Waals surface area contributed by atoms with E-state index in [1.165, 1.54) is 0 Å². The number of hydrogen-bond donors (Lipinski definition) is 0. The van der Waals surface area contributed by atoms with Crippen molar-refractivity contribution in [2.75, 3.05) is 0 Å². The monoisotopic (exact) mass is 481 g/mol. The van der Waals surface area contributed by atoms with Gasteiger partial charge in [0.2, 0.25) is 5.60 Å². The molecule has 0 saturated heterocycles. The predicted molar refractivity (Wildman–Crippen MR) is 127 cm³/mol. The van der Waals surface area contributed by atoms with Gasteiger partial charge < -0.3 is 26.6 Å². The molecule has 0 saturated carbocycles. The molecule has 0 bridgehead atoms. The molecule has 0 aliphatic heterocycles. The van der Waals surface area contributed by atoms with Crippen LogP contribution in [-0.2, 0) is 26.6 Å². The van der Waals surface area contributed by atoms with Crippen molar-refractivity contribution in [2.45, 2.75) is 124 Å². The summed E-state index contributed by atoms with van der Waals surface area (Å²) < 4.78 is 37.9. The SMILES string of the molecule is CC(C)(C)O[Si](C)(C)OC([Si])(O[Si](C)(C)OC(C)(C)C)O[Si](C)(C)OC(C)(C)C. The van der Waals surface area contributed by atoms with Gasteiger partial charge in [0.15, 0.2) is 10.2 Å². The van der Waals surface area contributed by atoms with E-state index in [-0.39, 0.29) is 16.8 Å². The van der Waals surface area contributed by atoms with Crippen LogP contribution in [0, 0.1) is 0 Å². The highest BCUT2D eigenvalue weighted by molar-refractivity contribution is 6.68. The Morgan fingerprint density at radius 1 is 0.414 bits per heavy atom. The molecule has 0 aromatic rings. The Bertz CT molecular complexity index is 456. The fourth-order valence-electron chi connectivity index (χ4n) is 3.31. The summed E-state index contributed by atoms with van der Waals surface area (Å²) in [5.74, 6) is 0. The second kappa shape index (κ2) is 9.24. The third kappa shape index (κ3) is 15.1. The van der Waals surface area contributed by atoms with E-state index < -0.39 is 31.3 Å². The van der Waals surface area contributed by atoms with Gasteiger partial charge in [-0.25, -0.2) is 0 Å². The molecule has 0 rings (SSSR count). The van der Waals surface area contributed by atoms with Crippen LogP contribution in [-0.4, -0.2) is 58.3 Å². The van der Waals surface area contributed by atoms with E-state index in [4.69, 9.17) is 26.6 Å². The van der Waals surface area contributed by atoms with Crippen molar-refractivity contribution >= 4 is 35.9 Å². The highest BCUT2D eigenvalue weighted by Gasteiger charge is 2.49. The molecular formula is C19H45O6Si4. The maximum Gasteiger partial charge on any atom is 0.336 e. The largest absolute Gasteiger partial charge is 0.389 e. The lowest BCUT2D eigenvalue weighted by atomic mass is 10.2. The van der Waals surface area contributed by atoms with Crippen molar-refractivity contribution < 1.29 is 26.6 Å². The molecule has 10 heteroatoms. The van der Waals surface area contributed by atoms with Crippen molar-refractivity contribution in [1.82, 2.24) is 0 Å². The average molecular weight is 482 g/mol. The van der Waals surface area contributed by atoms with Gasteiger partial charge >= 0.3 is 25.7 Å². The molecule has 0 aromatic carbocycles. The highest BCUT2D eigenvalue weighted by atomic mass is 28.4. The summed E-state index contributed by atoms with van der Waals surface area (Å²) in [5, 5.41) is 0. The molecule has 0 fully saturated rings. The second-order valence-electron chi connectivity index (χ2n) is 11.7. The van der Waals surface area contributed by atoms with Gasteiger partial charge in [0, 0.05) is 0 Å². The normalized spacial score (nSPS) is 15.7. The molecule has 0 heterocycles. The Morgan fingerprint density at radius 3 is 0.724 bits per heavy atom. The molecule has 29 heavy (non-hydrogen) atoms. The van der Waals surface area contributed by atoms with Crippen LogP contribution in [0.25, 0.3) is 0 Å². The average Bonchev–Trinajstić information content (AvgIpc) is 2.10. The summed E-state index contributed by atoms with van der Waals surface area (Å²) >= 11 is 0. The first kappa shape index (κ1) is 29.6. The van der Waals surface area contributed by atoms with E-state index in [2.05, 4.69) is 10.2 Å². The van der Waals surface area contributed by atoms with Gasteiger partial charge in [-0.2, -0.15) is 0 Å². The van der Waals surface area contributed by atoms with E-state index in [0.29, 0.717) is 0 Å². The van der Waals surface area contributed by atoms with Crippen molar-refractivity contribution in [3.8, 4) is 0 Å². The zero-order valence-electron chi connectivity index (χ0n) is 21.4. The van der Waals surface area contributed by atoms with Gasteiger partial charge in [0.05, 0.1) is 16.8 Å². The summed E-state index contributed by atoms with van der Waals surface area (Å²) in [5.41, 5.74) is -2.59. The van der Waals surface area contributed by atoms with Gasteiger partial charge in [-0.1, -0.05) is 0 Å². The van der Waals surface area contributed by atoms with E-state index in [0.717, 1.165) is 0 Å². The number of hydrogen-bond acceptors (Lipinski definition) is 6. The molecule has 0 N–H and O–H groups in total. The molecule has 0 aliphatic rings. The van der Waals surface area contributed by atoms with E-state index in [1.54, 1.807) is 0 Å². The molecule has 3 radical (unpaired) electrons. The Hall–Kier alpha value is 0.628. The molecule has 0 unspecified atom stereocenters. The van der Waals surface area contributed by atoms with E-state index in [1.807, 2.05) is 102 Å². The second-order valence-corrected chi connectivity index (χ2v) is 21.9. The Morgan fingerprint density at radius 2 is 0.586 bits per heavy atom. The van der Waals surface area contributed by atoms with Crippen molar-refractivity contribution in [2.24, 2.45) is 0 Å². The summed E-state index contributed by atoms with van der Waals surface area (Å²) in [6, 6.07) is 0. The highest BCUT2D eigenvalue weighted by Crippen LogP contribution is 2.32. The van der Waals surface area contributed by atoms with Crippen molar-refractivity contribution in [3.05, 3.63) is 0 Å². The lowest BCUT2D eigenvalue weighted by Crippen LogP contribution is -2.62. The lowest BCUT2D eigenvalue weighted by Gasteiger charge is -2.47. The summed E-state index contributed by atoms with van der Waals surface area (Å²) in [6.07, 6.45) is 0. The number of rotatable bonds is 9. The third-order valence-corrected chi connectivity index (χ3v) is 9.31. The predicted octanol–water partition coefficient (Wildman–Crippen LogP) is 5.37. The van der Waals surface area contributed by atoms with Crippen molar-refractivity contribution in [3.63, 3.8) is 0 Å². The van der Waals surface area contributed by atoms with Crippen LogP contribution >= 0.6 is 0 Å². The Balaban J connectivity index is 5.85. The van der Waals surface area contributed by atoms with Gasteiger partial charge in [0.1, 0.15) is 0 Å². The minimum atomic E-state index is -2.66. The molecule has 173 valence electrons. The van der Waals surface area contributed by atoms with E-state index in [9.17, 15) is 0 Å². The van der Waals surface area contributed by atoms with Crippen LogP contribution in [0.5, 0.6) is 0 Å². The third-order valence-electron chi connectivity index (χ3n) is 2.80. The molecular weight excluding hydrogens is 437 g/mol. The smallest absolute Gasteiger partial charge is 0.336 e. The maximum absolute atomic E-state index is 6.40. The van der Waals surface area contributed by atoms with Crippen LogP contribution in [0.2, 0.25) is 39.3 Å². The van der Waals surface area contributed by atoms with Crippen LogP contribution in [0.4, 0.5) is 0 Å². The van der Waals surface area contributed by atoms with Crippen molar-refractivity contribution in [1.29, 1.82) is 0 Å². The lowest BCUT2D eigenvalue weighted by molar-refractivity contribution is -0.232. The molecule has 0 aliphatic carbocycles. The van der Waals surface area contributed by atoms with Gasteiger partial charge in [-0.3, -0.25) is 0 Å². The Labute approximate surface area is 186 Å². The molecule has 0 spiro atoms. The van der Waals surface area contributed by atoms with Crippen LogP contribution < -0.4 is 0 Å². The molecule has 0 amide bonds. The van der Waals surface area contributed by atoms with Gasteiger partial charge in [-0.05, 0) is 102 Å². The standard InChI is InChI=1S/C19H45O6Si4/c1-16(2,3)20-27(10,11)23-19(26,24-28(12,13)21-17(4,5)6)25-29(14,15)22-18(7,8)9/h1-15H3. The fourth-order valence-corrected chi connectivity index (χ4v) is 12.5. The first-order chi connectivity index (χ1) is 12.2. The topological polar surface area (TPSA) is 55.4 Å². The zero-order valence-corrected chi connectivity index (χ0v) is 25.4. The first-order valence-electron chi connectivity index (χ1n) is 10.2. The maximum atomic E-state index is 6.40. The first-order valence-corrected chi connectivity index (χ1v) is 19.1. The van der Waals surface area contributed by atoms with Gasteiger partial charge in [-0.15, -0.1) is 0 Å². The summed E-state index contributed by atoms with van der Waals surface area (Å²) in [6.45, 7) is 29.9. The van der Waals surface area contributed by atoms with Crippen LogP contribution in [0.3, 0.4) is 0 Å². The van der Waals surface area contributed by atoms with Crippen LogP contribution in [0.1, 0.15) is 62.3 Å². The minimum absolute atomic E-state index is 0.355. The zero-order chi connectivity index (χ0) is 23.7. The molecule has 0 atom stereocenters. The Kier molecular flexibility index (Phi) is 9.44. The van der Waals surface area contributed by atoms with E-state index >= 15 is 0 Å². The summed E-state index contributed by atoms with van der Waals surface area (Å²) in [4.78, 5) is 0.